The van der Waals surface area contributed by atoms with Gasteiger partial charge in [-0.2, -0.15) is 0 Å². The van der Waals surface area contributed by atoms with Crippen molar-refractivity contribution < 1.29 is 0 Å². The molecule has 5 nitrogen and oxygen atoms in total. The lowest BCUT2D eigenvalue weighted by molar-refractivity contribution is 0.886. The van der Waals surface area contributed by atoms with Crippen LogP contribution in [0.4, 0.5) is 0 Å². The topological polar surface area (TPSA) is 66.5 Å². The molecule has 0 saturated heterocycles. The SMILES string of the molecule is Cc1nc2cc(-c3c[nH]c(=O)[nH]3)ccc2n1C. The van der Waals surface area contributed by atoms with Crippen LogP contribution in [0.5, 0.6) is 0 Å². The molecular formula is C12H12N4O. The van der Waals surface area contributed by atoms with Gasteiger partial charge >= 0.3 is 5.69 Å². The molecule has 2 heterocycles. The van der Waals surface area contributed by atoms with Gasteiger partial charge < -0.3 is 14.5 Å². The highest BCUT2D eigenvalue weighted by Crippen LogP contribution is 2.22. The van der Waals surface area contributed by atoms with E-state index in [1.807, 2.05) is 36.7 Å². The van der Waals surface area contributed by atoms with Gasteiger partial charge in [0.25, 0.3) is 0 Å². The molecule has 1 aromatic carbocycles. The zero-order valence-electron chi connectivity index (χ0n) is 9.61. The normalized spacial score (nSPS) is 11.2. The van der Waals surface area contributed by atoms with Crippen LogP contribution in [0.1, 0.15) is 5.82 Å². The smallest absolute Gasteiger partial charge is 0.323 e. The average Bonchev–Trinajstić information content (AvgIpc) is 2.85. The number of benzene rings is 1. The van der Waals surface area contributed by atoms with Gasteiger partial charge in [-0.1, -0.05) is 6.07 Å². The number of aromatic nitrogens is 4. The van der Waals surface area contributed by atoms with E-state index in [2.05, 4.69) is 15.0 Å². The minimum absolute atomic E-state index is 0.197. The summed E-state index contributed by atoms with van der Waals surface area (Å²) < 4.78 is 2.04. The first-order valence-corrected chi connectivity index (χ1v) is 5.36. The second-order valence-corrected chi connectivity index (χ2v) is 4.08. The molecule has 0 aliphatic rings. The minimum atomic E-state index is -0.197. The van der Waals surface area contributed by atoms with Crippen molar-refractivity contribution >= 4 is 11.0 Å². The zero-order valence-corrected chi connectivity index (χ0v) is 9.61. The largest absolute Gasteiger partial charge is 0.331 e. The Morgan fingerprint density at radius 1 is 1.35 bits per heavy atom. The summed E-state index contributed by atoms with van der Waals surface area (Å²) in [6.45, 7) is 1.97. The molecule has 2 aromatic heterocycles. The van der Waals surface area contributed by atoms with Crippen molar-refractivity contribution in [3.8, 4) is 11.3 Å². The number of aromatic amines is 2. The van der Waals surface area contributed by atoms with Crippen molar-refractivity contribution in [3.05, 3.63) is 40.7 Å². The number of aryl methyl sites for hydroxylation is 2. The third-order valence-corrected chi connectivity index (χ3v) is 3.01. The fourth-order valence-electron chi connectivity index (χ4n) is 1.98. The van der Waals surface area contributed by atoms with Crippen molar-refractivity contribution in [3.63, 3.8) is 0 Å². The third kappa shape index (κ3) is 1.47. The quantitative estimate of drug-likeness (QED) is 0.663. The first kappa shape index (κ1) is 9.89. The first-order valence-electron chi connectivity index (χ1n) is 5.36. The van der Waals surface area contributed by atoms with E-state index in [-0.39, 0.29) is 5.69 Å². The van der Waals surface area contributed by atoms with Crippen molar-refractivity contribution in [2.45, 2.75) is 6.92 Å². The van der Waals surface area contributed by atoms with E-state index in [1.54, 1.807) is 6.20 Å². The number of rotatable bonds is 1. The molecule has 86 valence electrons. The van der Waals surface area contributed by atoms with E-state index < -0.39 is 0 Å². The van der Waals surface area contributed by atoms with Crippen molar-refractivity contribution in [1.29, 1.82) is 0 Å². The number of hydrogen-bond donors (Lipinski definition) is 2. The van der Waals surface area contributed by atoms with Crippen LogP contribution in [0.3, 0.4) is 0 Å². The van der Waals surface area contributed by atoms with E-state index in [9.17, 15) is 4.79 Å². The fraction of sp³-hybridized carbons (Fsp3) is 0.167. The molecule has 0 aliphatic carbocycles. The summed E-state index contributed by atoms with van der Waals surface area (Å²) in [4.78, 5) is 20.8. The number of nitrogens with zero attached hydrogens (tertiary/aromatic N) is 2. The van der Waals surface area contributed by atoms with Crippen LogP contribution in [0, 0.1) is 6.92 Å². The molecule has 2 N–H and O–H groups in total. The van der Waals surface area contributed by atoms with Crippen LogP contribution in [0.25, 0.3) is 22.3 Å². The van der Waals surface area contributed by atoms with Crippen LogP contribution in [-0.2, 0) is 7.05 Å². The van der Waals surface area contributed by atoms with Gasteiger partial charge in [0, 0.05) is 18.8 Å². The van der Waals surface area contributed by atoms with E-state index in [0.717, 1.165) is 28.1 Å². The molecular weight excluding hydrogens is 216 g/mol. The number of H-pyrrole nitrogens is 2. The van der Waals surface area contributed by atoms with Crippen molar-refractivity contribution in [1.82, 2.24) is 19.5 Å². The Hall–Kier alpha value is -2.30. The highest BCUT2D eigenvalue weighted by atomic mass is 16.1. The van der Waals surface area contributed by atoms with Crippen molar-refractivity contribution in [2.75, 3.05) is 0 Å². The van der Waals surface area contributed by atoms with Crippen LogP contribution in [0.2, 0.25) is 0 Å². The number of fused-ring (bicyclic) bond motifs is 1. The molecule has 0 unspecified atom stereocenters. The van der Waals surface area contributed by atoms with Crippen LogP contribution in [0.15, 0.2) is 29.2 Å². The Kier molecular flexibility index (Phi) is 1.95. The number of nitrogens with one attached hydrogen (secondary N) is 2. The highest BCUT2D eigenvalue weighted by molar-refractivity contribution is 5.81. The molecule has 0 aliphatic heterocycles. The second-order valence-electron chi connectivity index (χ2n) is 4.08. The molecule has 0 bridgehead atoms. The predicted octanol–water partition coefficient (Wildman–Crippen LogP) is 1.57. The van der Waals surface area contributed by atoms with Gasteiger partial charge in [0.15, 0.2) is 0 Å². The first-order chi connectivity index (χ1) is 8.15. The molecule has 0 spiro atoms. The van der Waals surface area contributed by atoms with Gasteiger partial charge in [-0.05, 0) is 19.1 Å². The van der Waals surface area contributed by atoms with Gasteiger partial charge in [-0.3, -0.25) is 0 Å². The third-order valence-electron chi connectivity index (χ3n) is 3.01. The summed E-state index contributed by atoms with van der Waals surface area (Å²) in [6, 6.07) is 5.96. The Labute approximate surface area is 97.1 Å². The summed E-state index contributed by atoms with van der Waals surface area (Å²) in [6.07, 6.45) is 1.67. The van der Waals surface area contributed by atoms with Gasteiger partial charge in [-0.15, -0.1) is 0 Å². The number of hydrogen-bond acceptors (Lipinski definition) is 2. The summed E-state index contributed by atoms with van der Waals surface area (Å²) in [7, 11) is 1.99. The van der Waals surface area contributed by atoms with Gasteiger partial charge in [0.1, 0.15) is 5.82 Å². The Morgan fingerprint density at radius 2 is 2.18 bits per heavy atom. The molecule has 0 saturated carbocycles. The van der Waals surface area contributed by atoms with Crippen LogP contribution in [-0.4, -0.2) is 19.5 Å². The van der Waals surface area contributed by atoms with Gasteiger partial charge in [-0.25, -0.2) is 9.78 Å². The van der Waals surface area contributed by atoms with Crippen LogP contribution >= 0.6 is 0 Å². The summed E-state index contributed by atoms with van der Waals surface area (Å²) in [5, 5.41) is 0. The monoisotopic (exact) mass is 228 g/mol. The van der Waals surface area contributed by atoms with Crippen LogP contribution < -0.4 is 5.69 Å². The Bertz CT molecular complexity index is 747. The van der Waals surface area contributed by atoms with E-state index >= 15 is 0 Å². The van der Waals surface area contributed by atoms with E-state index in [1.165, 1.54) is 0 Å². The van der Waals surface area contributed by atoms with E-state index in [4.69, 9.17) is 0 Å². The molecule has 17 heavy (non-hydrogen) atoms. The van der Waals surface area contributed by atoms with Gasteiger partial charge in [0.2, 0.25) is 0 Å². The molecule has 0 radical (unpaired) electrons. The molecule has 3 aromatic rings. The summed E-state index contributed by atoms with van der Waals surface area (Å²) in [5.41, 5.74) is 3.56. The maximum Gasteiger partial charge on any atom is 0.323 e. The maximum absolute atomic E-state index is 11.1. The van der Waals surface area contributed by atoms with Gasteiger partial charge in [0.05, 0.1) is 16.7 Å². The minimum Gasteiger partial charge on any atom is -0.331 e. The summed E-state index contributed by atoms with van der Waals surface area (Å²) >= 11 is 0. The Morgan fingerprint density at radius 3 is 2.88 bits per heavy atom. The molecule has 0 fully saturated rings. The maximum atomic E-state index is 11.1. The van der Waals surface area contributed by atoms with Crippen molar-refractivity contribution in [2.24, 2.45) is 7.05 Å². The van der Waals surface area contributed by atoms with E-state index in [0.29, 0.717) is 0 Å². The predicted molar refractivity (Wildman–Crippen MR) is 65.9 cm³/mol. The molecule has 0 amide bonds. The Balaban J connectivity index is 2.23. The average molecular weight is 228 g/mol. The molecule has 0 atom stereocenters. The lowest BCUT2D eigenvalue weighted by atomic mass is 10.1. The fourth-order valence-corrected chi connectivity index (χ4v) is 1.98. The second kappa shape index (κ2) is 3.35. The molecule has 5 heteroatoms. The standard InChI is InChI=1S/C12H12N4O/c1-7-14-9-5-8(3-4-11(9)16(7)2)10-6-13-12(17)15-10/h3-6H,1-2H3,(H2,13,15,17). The zero-order chi connectivity index (χ0) is 12.0. The lowest BCUT2D eigenvalue weighted by Gasteiger charge is -1.98. The molecule has 3 rings (SSSR count). The summed E-state index contributed by atoms with van der Waals surface area (Å²) in [5.74, 6) is 0.972. The lowest BCUT2D eigenvalue weighted by Crippen LogP contribution is -1.99. The number of imidazole rings is 2. The highest BCUT2D eigenvalue weighted by Gasteiger charge is 2.06.